The lowest BCUT2D eigenvalue weighted by atomic mass is 10.2. The van der Waals surface area contributed by atoms with Crippen molar-refractivity contribution in [3.63, 3.8) is 0 Å². The molecule has 1 rings (SSSR count). The van der Waals surface area contributed by atoms with Crippen molar-refractivity contribution in [1.82, 2.24) is 4.90 Å². The van der Waals surface area contributed by atoms with E-state index in [4.69, 9.17) is 4.74 Å². The maximum Gasteiger partial charge on any atom is 0.341 e. The summed E-state index contributed by atoms with van der Waals surface area (Å²) < 4.78 is 5.41. The number of rotatable bonds is 9. The molecule has 1 atom stereocenters. The number of benzene rings is 1. The molecule has 0 saturated heterocycles. The highest BCUT2D eigenvalue weighted by Crippen LogP contribution is 2.17. The molecular weight excluding hydrogens is 268 g/mol. The molecule has 1 radical (unpaired) electrons. The summed E-state index contributed by atoms with van der Waals surface area (Å²) in [6.07, 6.45) is 4.56. The molecule has 1 amide bonds. The van der Waals surface area contributed by atoms with Gasteiger partial charge in [0.15, 0.2) is 6.23 Å². The van der Waals surface area contributed by atoms with Crippen molar-refractivity contribution < 1.29 is 14.3 Å². The van der Waals surface area contributed by atoms with Gasteiger partial charge in [-0.05, 0) is 19.1 Å². The minimum Gasteiger partial charge on any atom is -0.443 e. The molecule has 1 N–H and O–H groups in total. The molecule has 1 aromatic rings. The molecule has 1 aromatic carbocycles. The van der Waals surface area contributed by atoms with Gasteiger partial charge in [-0.15, -0.1) is 13.2 Å². The fraction of sp³-hybridized carbons (Fsp3) is 0.250. The fourth-order valence-corrected chi connectivity index (χ4v) is 1.82. The summed E-state index contributed by atoms with van der Waals surface area (Å²) in [4.78, 5) is 24.5. The molecule has 0 spiro atoms. The van der Waals surface area contributed by atoms with Crippen molar-refractivity contribution >= 4 is 18.1 Å². The standard InChI is InChI=1S/C16H19N2O3/c1-4-10-18(11-5-2)13(3)21-16(20)14-8-6-7-9-15(14)17-12-19/h4-9,13H,1-2,10-11H2,3H3,(H,17,19). The Balaban J connectivity index is 2.81. The van der Waals surface area contributed by atoms with Gasteiger partial charge in [0.1, 0.15) is 0 Å². The van der Waals surface area contributed by atoms with Gasteiger partial charge in [-0.25, -0.2) is 4.79 Å². The molecule has 0 saturated carbocycles. The number of nitrogens with one attached hydrogen (secondary N) is 1. The van der Waals surface area contributed by atoms with Gasteiger partial charge < -0.3 is 10.1 Å². The first-order valence-electron chi connectivity index (χ1n) is 6.53. The average Bonchev–Trinajstić information content (AvgIpc) is 2.47. The van der Waals surface area contributed by atoms with Crippen molar-refractivity contribution in [2.45, 2.75) is 13.2 Å². The van der Waals surface area contributed by atoms with Crippen LogP contribution in [0.2, 0.25) is 0 Å². The molecule has 5 heteroatoms. The Labute approximate surface area is 124 Å². The Hall–Kier alpha value is -2.40. The Morgan fingerprint density at radius 3 is 2.57 bits per heavy atom. The van der Waals surface area contributed by atoms with E-state index in [0.717, 1.165) is 0 Å². The van der Waals surface area contributed by atoms with Crippen LogP contribution in [0.3, 0.4) is 0 Å². The second kappa shape index (κ2) is 8.71. The summed E-state index contributed by atoms with van der Waals surface area (Å²) in [6.45, 7) is 10.3. The second-order valence-corrected chi connectivity index (χ2v) is 4.31. The first-order valence-corrected chi connectivity index (χ1v) is 6.53. The summed E-state index contributed by atoms with van der Waals surface area (Å²) in [6, 6.07) is 6.60. The van der Waals surface area contributed by atoms with Gasteiger partial charge >= 0.3 is 12.4 Å². The molecule has 0 fully saturated rings. The first-order chi connectivity index (χ1) is 10.1. The van der Waals surface area contributed by atoms with E-state index in [-0.39, 0.29) is 5.56 Å². The molecule has 1 unspecified atom stereocenters. The monoisotopic (exact) mass is 287 g/mol. The third kappa shape index (κ3) is 4.89. The van der Waals surface area contributed by atoms with Gasteiger partial charge in [0.25, 0.3) is 0 Å². The highest BCUT2D eigenvalue weighted by atomic mass is 16.6. The Bertz CT molecular complexity index is 504. The van der Waals surface area contributed by atoms with E-state index in [2.05, 4.69) is 18.5 Å². The smallest absolute Gasteiger partial charge is 0.341 e. The lowest BCUT2D eigenvalue weighted by Crippen LogP contribution is -2.37. The summed E-state index contributed by atoms with van der Waals surface area (Å²) in [7, 11) is 0. The Morgan fingerprint density at radius 1 is 1.38 bits per heavy atom. The van der Waals surface area contributed by atoms with Crippen LogP contribution in [0.4, 0.5) is 5.69 Å². The highest BCUT2D eigenvalue weighted by molar-refractivity contribution is 5.97. The van der Waals surface area contributed by atoms with Crippen LogP contribution in [-0.4, -0.2) is 36.6 Å². The minimum atomic E-state index is -0.515. The third-order valence-corrected chi connectivity index (χ3v) is 2.85. The molecule has 0 aliphatic carbocycles. The van der Waals surface area contributed by atoms with Crippen LogP contribution in [0.15, 0.2) is 49.6 Å². The zero-order valence-corrected chi connectivity index (χ0v) is 12.0. The topological polar surface area (TPSA) is 58.6 Å². The average molecular weight is 287 g/mol. The quantitative estimate of drug-likeness (QED) is 0.328. The van der Waals surface area contributed by atoms with E-state index in [1.54, 1.807) is 49.8 Å². The van der Waals surface area contributed by atoms with Crippen molar-refractivity contribution in [3.8, 4) is 0 Å². The molecule has 0 heterocycles. The lowest BCUT2D eigenvalue weighted by molar-refractivity contribution is -0.0151. The molecule has 0 aliphatic heterocycles. The fourth-order valence-electron chi connectivity index (χ4n) is 1.82. The maximum absolute atomic E-state index is 12.2. The number of amides is 1. The van der Waals surface area contributed by atoms with E-state index in [1.807, 2.05) is 4.90 Å². The van der Waals surface area contributed by atoms with Crippen LogP contribution >= 0.6 is 0 Å². The second-order valence-electron chi connectivity index (χ2n) is 4.31. The molecular formula is C16H19N2O3. The van der Waals surface area contributed by atoms with E-state index in [0.29, 0.717) is 18.8 Å². The zero-order chi connectivity index (χ0) is 15.7. The van der Waals surface area contributed by atoms with Crippen molar-refractivity contribution in [3.05, 3.63) is 55.1 Å². The summed E-state index contributed by atoms with van der Waals surface area (Å²) in [5.41, 5.74) is 0.647. The number of carbonyl (C=O) groups is 1. The first kappa shape index (κ1) is 16.7. The van der Waals surface area contributed by atoms with E-state index in [1.165, 1.54) is 0 Å². The van der Waals surface area contributed by atoms with Crippen molar-refractivity contribution in [1.29, 1.82) is 0 Å². The highest BCUT2D eigenvalue weighted by Gasteiger charge is 2.19. The normalized spacial score (nSPS) is 11.5. The number of ether oxygens (including phenoxy) is 1. The van der Waals surface area contributed by atoms with E-state index < -0.39 is 12.2 Å². The van der Waals surface area contributed by atoms with Gasteiger partial charge in [0.05, 0.1) is 11.3 Å². The molecule has 0 aliphatic rings. The Morgan fingerprint density at radius 2 is 2.00 bits per heavy atom. The van der Waals surface area contributed by atoms with Crippen molar-refractivity contribution in [2.75, 3.05) is 18.4 Å². The summed E-state index contributed by atoms with van der Waals surface area (Å²) in [5.74, 6) is -0.515. The molecule has 5 nitrogen and oxygen atoms in total. The number of hydrogen-bond acceptors (Lipinski definition) is 4. The summed E-state index contributed by atoms with van der Waals surface area (Å²) in [5, 5.41) is 2.36. The SMILES string of the molecule is C=CCN(CC=C)C(C)OC(=O)c1ccccc1N[C]=O. The van der Waals surface area contributed by atoms with Crippen LogP contribution in [-0.2, 0) is 9.53 Å². The maximum atomic E-state index is 12.2. The lowest BCUT2D eigenvalue weighted by Gasteiger charge is -2.26. The number of carbonyl (C=O) groups excluding carboxylic acids is 2. The number of esters is 1. The number of hydrogen-bond donors (Lipinski definition) is 1. The van der Waals surface area contributed by atoms with Crippen LogP contribution in [0.25, 0.3) is 0 Å². The van der Waals surface area contributed by atoms with Gasteiger partial charge in [0.2, 0.25) is 0 Å². The molecule has 0 aromatic heterocycles. The number of anilines is 1. The number of para-hydroxylation sites is 1. The van der Waals surface area contributed by atoms with Gasteiger partial charge in [0, 0.05) is 13.1 Å². The van der Waals surface area contributed by atoms with Gasteiger partial charge in [-0.3, -0.25) is 9.69 Å². The van der Waals surface area contributed by atoms with Crippen LogP contribution in [0.5, 0.6) is 0 Å². The predicted octanol–water partition coefficient (Wildman–Crippen LogP) is 2.34. The van der Waals surface area contributed by atoms with Gasteiger partial charge in [-0.2, -0.15) is 0 Å². The molecule has 0 bridgehead atoms. The summed E-state index contributed by atoms with van der Waals surface area (Å²) >= 11 is 0. The van der Waals surface area contributed by atoms with Crippen molar-refractivity contribution in [2.24, 2.45) is 0 Å². The minimum absolute atomic E-state index is 0.282. The van der Waals surface area contributed by atoms with Crippen LogP contribution in [0, 0.1) is 0 Å². The Kier molecular flexibility index (Phi) is 6.91. The van der Waals surface area contributed by atoms with Gasteiger partial charge in [-0.1, -0.05) is 24.3 Å². The molecule has 111 valence electrons. The van der Waals surface area contributed by atoms with Crippen LogP contribution < -0.4 is 5.32 Å². The third-order valence-electron chi connectivity index (χ3n) is 2.85. The van der Waals surface area contributed by atoms with E-state index in [9.17, 15) is 9.59 Å². The zero-order valence-electron chi connectivity index (χ0n) is 12.0. The van der Waals surface area contributed by atoms with E-state index >= 15 is 0 Å². The molecule has 21 heavy (non-hydrogen) atoms. The predicted molar refractivity (Wildman–Crippen MR) is 82.6 cm³/mol. The van der Waals surface area contributed by atoms with Crippen LogP contribution in [0.1, 0.15) is 17.3 Å². The largest absolute Gasteiger partial charge is 0.443 e. The number of nitrogens with zero attached hydrogens (tertiary/aromatic N) is 1.